The first-order chi connectivity index (χ1) is 11.8. The maximum absolute atomic E-state index is 12.6. The molecule has 3 rings (SSSR count). The Hall–Kier alpha value is -1.68. The standard InChI is InChI=1S/C21H29NO3/c1-5-20(4)14-21(15(2)3,11-13-25-20)10-12-22-18(23)16-8-6-7-9-17(16)19(22)24/h6-9,15H,5,10-14H2,1-4H3/t20-,21+/m0/s1. The van der Waals surface area contributed by atoms with E-state index < -0.39 is 0 Å². The molecule has 1 aromatic rings. The van der Waals surface area contributed by atoms with E-state index in [1.54, 1.807) is 12.1 Å². The van der Waals surface area contributed by atoms with Crippen molar-refractivity contribution in [2.45, 2.75) is 59.0 Å². The van der Waals surface area contributed by atoms with Gasteiger partial charge in [-0.25, -0.2) is 0 Å². The number of hydrogen-bond acceptors (Lipinski definition) is 3. The molecule has 2 aliphatic heterocycles. The normalized spacial score (nSPS) is 29.4. The average molecular weight is 343 g/mol. The van der Waals surface area contributed by atoms with Crippen LogP contribution in [0, 0.1) is 11.3 Å². The minimum absolute atomic E-state index is 0.107. The summed E-state index contributed by atoms with van der Waals surface area (Å²) in [5.41, 5.74) is 1.08. The predicted molar refractivity (Wildman–Crippen MR) is 97.6 cm³/mol. The lowest BCUT2D eigenvalue weighted by molar-refractivity contribution is -0.133. The van der Waals surface area contributed by atoms with E-state index in [2.05, 4.69) is 27.7 Å². The molecular weight excluding hydrogens is 314 g/mol. The highest BCUT2D eigenvalue weighted by atomic mass is 16.5. The Morgan fingerprint density at radius 2 is 1.76 bits per heavy atom. The summed E-state index contributed by atoms with van der Waals surface area (Å²) in [4.78, 5) is 26.7. The van der Waals surface area contributed by atoms with Crippen molar-refractivity contribution in [1.82, 2.24) is 4.90 Å². The fourth-order valence-corrected chi connectivity index (χ4v) is 4.38. The molecule has 25 heavy (non-hydrogen) atoms. The minimum atomic E-state index is -0.148. The molecule has 0 saturated carbocycles. The summed E-state index contributed by atoms with van der Waals surface area (Å²) in [5, 5.41) is 0. The van der Waals surface area contributed by atoms with E-state index in [1.165, 1.54) is 4.90 Å². The number of rotatable bonds is 5. The van der Waals surface area contributed by atoms with Gasteiger partial charge < -0.3 is 4.74 Å². The number of carbonyl (C=O) groups is 2. The number of nitrogens with zero attached hydrogens (tertiary/aromatic N) is 1. The second-order valence-electron chi connectivity index (χ2n) is 8.15. The zero-order chi connectivity index (χ0) is 18.2. The van der Waals surface area contributed by atoms with Crippen molar-refractivity contribution in [3.8, 4) is 0 Å². The summed E-state index contributed by atoms with van der Waals surface area (Å²) < 4.78 is 6.04. The molecule has 136 valence electrons. The van der Waals surface area contributed by atoms with Gasteiger partial charge in [-0.05, 0) is 56.1 Å². The Morgan fingerprint density at radius 1 is 1.16 bits per heavy atom. The van der Waals surface area contributed by atoms with Crippen molar-refractivity contribution in [2.75, 3.05) is 13.2 Å². The molecule has 4 heteroatoms. The summed E-state index contributed by atoms with van der Waals surface area (Å²) >= 11 is 0. The van der Waals surface area contributed by atoms with Crippen molar-refractivity contribution >= 4 is 11.8 Å². The van der Waals surface area contributed by atoms with Gasteiger partial charge in [0.2, 0.25) is 0 Å². The molecule has 0 radical (unpaired) electrons. The van der Waals surface area contributed by atoms with Crippen LogP contribution in [0.15, 0.2) is 24.3 Å². The molecule has 1 aromatic carbocycles. The van der Waals surface area contributed by atoms with Crippen LogP contribution in [-0.4, -0.2) is 35.5 Å². The third kappa shape index (κ3) is 3.12. The van der Waals surface area contributed by atoms with Gasteiger partial charge in [-0.15, -0.1) is 0 Å². The lowest BCUT2D eigenvalue weighted by Gasteiger charge is -2.49. The van der Waals surface area contributed by atoms with Crippen LogP contribution in [-0.2, 0) is 4.74 Å². The van der Waals surface area contributed by atoms with Gasteiger partial charge in [-0.2, -0.15) is 0 Å². The molecule has 2 amide bonds. The van der Waals surface area contributed by atoms with Crippen molar-refractivity contribution < 1.29 is 14.3 Å². The molecule has 0 unspecified atom stereocenters. The number of fused-ring (bicyclic) bond motifs is 1. The molecule has 1 saturated heterocycles. The monoisotopic (exact) mass is 343 g/mol. The number of carbonyl (C=O) groups excluding carboxylic acids is 2. The summed E-state index contributed by atoms with van der Waals surface area (Å²) in [5.74, 6) is 0.187. The van der Waals surface area contributed by atoms with Crippen LogP contribution in [0.3, 0.4) is 0 Å². The zero-order valence-corrected chi connectivity index (χ0v) is 15.8. The topological polar surface area (TPSA) is 46.6 Å². The van der Waals surface area contributed by atoms with Crippen molar-refractivity contribution in [3.63, 3.8) is 0 Å². The van der Waals surface area contributed by atoms with Crippen molar-refractivity contribution in [2.24, 2.45) is 11.3 Å². The lowest BCUT2D eigenvalue weighted by Crippen LogP contribution is -2.47. The second-order valence-corrected chi connectivity index (χ2v) is 8.15. The minimum Gasteiger partial charge on any atom is -0.375 e. The van der Waals surface area contributed by atoms with Crippen LogP contribution < -0.4 is 0 Å². The molecule has 0 bridgehead atoms. The van der Waals surface area contributed by atoms with Crippen LogP contribution >= 0.6 is 0 Å². The van der Waals surface area contributed by atoms with E-state index in [4.69, 9.17) is 4.74 Å². The van der Waals surface area contributed by atoms with Crippen molar-refractivity contribution in [1.29, 1.82) is 0 Å². The number of ether oxygens (including phenoxy) is 1. The van der Waals surface area contributed by atoms with Crippen LogP contribution in [0.2, 0.25) is 0 Å². The molecule has 0 aliphatic carbocycles. The molecule has 2 aliphatic rings. The zero-order valence-electron chi connectivity index (χ0n) is 15.8. The lowest BCUT2D eigenvalue weighted by atomic mass is 9.64. The third-order valence-electron chi connectivity index (χ3n) is 6.46. The average Bonchev–Trinajstić information content (AvgIpc) is 2.84. The number of amides is 2. The number of benzene rings is 1. The van der Waals surface area contributed by atoms with Gasteiger partial charge in [0.15, 0.2) is 0 Å². The summed E-state index contributed by atoms with van der Waals surface area (Å²) in [7, 11) is 0. The Kier molecular flexibility index (Phi) is 4.76. The highest BCUT2D eigenvalue weighted by Crippen LogP contribution is 2.48. The quantitative estimate of drug-likeness (QED) is 0.749. The third-order valence-corrected chi connectivity index (χ3v) is 6.46. The summed E-state index contributed by atoms with van der Waals surface area (Å²) in [6, 6.07) is 7.12. The van der Waals surface area contributed by atoms with E-state index in [0.29, 0.717) is 23.6 Å². The molecule has 0 aromatic heterocycles. The molecular formula is C21H29NO3. The van der Waals surface area contributed by atoms with E-state index >= 15 is 0 Å². The summed E-state index contributed by atoms with van der Waals surface area (Å²) in [6.45, 7) is 10.1. The Labute approximate surface area is 150 Å². The molecule has 1 fully saturated rings. The van der Waals surface area contributed by atoms with Gasteiger partial charge in [0.05, 0.1) is 16.7 Å². The molecule has 4 nitrogen and oxygen atoms in total. The molecule has 0 N–H and O–H groups in total. The summed E-state index contributed by atoms with van der Waals surface area (Å²) in [6.07, 6.45) is 3.80. The van der Waals surface area contributed by atoms with Gasteiger partial charge >= 0.3 is 0 Å². The van der Waals surface area contributed by atoms with E-state index in [-0.39, 0.29) is 22.8 Å². The van der Waals surface area contributed by atoms with E-state index in [0.717, 1.165) is 32.3 Å². The van der Waals surface area contributed by atoms with Crippen molar-refractivity contribution in [3.05, 3.63) is 35.4 Å². The highest BCUT2D eigenvalue weighted by molar-refractivity contribution is 6.21. The largest absolute Gasteiger partial charge is 0.375 e. The predicted octanol–water partition coefficient (Wildman–Crippen LogP) is 4.29. The highest BCUT2D eigenvalue weighted by Gasteiger charge is 2.45. The smallest absolute Gasteiger partial charge is 0.261 e. The Bertz CT molecular complexity index is 648. The fourth-order valence-electron chi connectivity index (χ4n) is 4.38. The van der Waals surface area contributed by atoms with Crippen LogP contribution in [0.5, 0.6) is 0 Å². The van der Waals surface area contributed by atoms with E-state index in [9.17, 15) is 9.59 Å². The maximum atomic E-state index is 12.6. The van der Waals surface area contributed by atoms with Gasteiger partial charge in [-0.3, -0.25) is 14.5 Å². The van der Waals surface area contributed by atoms with Crippen LogP contribution in [0.1, 0.15) is 74.1 Å². The molecule has 2 atom stereocenters. The van der Waals surface area contributed by atoms with Gasteiger partial charge in [0.1, 0.15) is 0 Å². The van der Waals surface area contributed by atoms with E-state index in [1.807, 2.05) is 12.1 Å². The van der Waals surface area contributed by atoms with Gasteiger partial charge in [0.25, 0.3) is 11.8 Å². The number of imide groups is 1. The maximum Gasteiger partial charge on any atom is 0.261 e. The Morgan fingerprint density at radius 3 is 2.28 bits per heavy atom. The SMILES string of the molecule is CC[C@@]1(C)C[C@](CCN2C(=O)c3ccccc3C2=O)(C(C)C)CCO1. The first-order valence-electron chi connectivity index (χ1n) is 9.41. The Balaban J connectivity index is 1.77. The first kappa shape index (κ1) is 18.1. The van der Waals surface area contributed by atoms with Crippen LogP contribution in [0.25, 0.3) is 0 Å². The van der Waals surface area contributed by atoms with Crippen LogP contribution in [0.4, 0.5) is 0 Å². The van der Waals surface area contributed by atoms with Gasteiger partial charge in [0, 0.05) is 13.2 Å². The fraction of sp³-hybridized carbons (Fsp3) is 0.619. The molecule has 2 heterocycles. The first-order valence-corrected chi connectivity index (χ1v) is 9.41. The molecule has 0 spiro atoms. The number of hydrogen-bond donors (Lipinski definition) is 0. The van der Waals surface area contributed by atoms with Gasteiger partial charge in [-0.1, -0.05) is 32.9 Å². The second kappa shape index (κ2) is 6.56.